The number of unbranched alkanes of at least 4 members (excludes halogenated alkanes) is 20. The summed E-state index contributed by atoms with van der Waals surface area (Å²) in [5.41, 5.74) is 1.43. The van der Waals surface area contributed by atoms with Gasteiger partial charge >= 0.3 is 0 Å². The molecule has 0 radical (unpaired) electrons. The predicted molar refractivity (Wildman–Crippen MR) is 169 cm³/mol. The number of benzene rings is 1. The summed E-state index contributed by atoms with van der Waals surface area (Å²) in [6.45, 7) is 6.87. The van der Waals surface area contributed by atoms with E-state index >= 15 is 0 Å². The van der Waals surface area contributed by atoms with E-state index in [2.05, 4.69) is 66.4 Å². The lowest BCUT2D eigenvalue weighted by Crippen LogP contribution is -2.38. The standard InChI is InChI=1S/C36H64N2/c1-3-5-7-9-11-12-13-14-15-16-17-18-19-21-26-30-36-37(31-27-22-20-10-8-6-4-2)32-33-38(36)34-35-28-24-23-25-29-35/h23-25,28-29,32-33,36H,3-22,26-27,30-31,34H2,1-2H3. The van der Waals surface area contributed by atoms with E-state index in [9.17, 15) is 0 Å². The molecule has 0 aliphatic carbocycles. The lowest BCUT2D eigenvalue weighted by molar-refractivity contribution is 0.132. The summed E-state index contributed by atoms with van der Waals surface area (Å²) in [6.07, 6.45) is 37.9. The van der Waals surface area contributed by atoms with Crippen molar-refractivity contribution < 1.29 is 0 Å². The fourth-order valence-electron chi connectivity index (χ4n) is 6.02. The van der Waals surface area contributed by atoms with Crippen LogP contribution < -0.4 is 0 Å². The third-order valence-electron chi connectivity index (χ3n) is 8.51. The van der Waals surface area contributed by atoms with E-state index in [1.807, 2.05) is 0 Å². The minimum Gasteiger partial charge on any atom is -0.356 e. The van der Waals surface area contributed by atoms with Crippen molar-refractivity contribution in [1.29, 1.82) is 0 Å². The van der Waals surface area contributed by atoms with Gasteiger partial charge in [-0.2, -0.15) is 0 Å². The van der Waals surface area contributed by atoms with Gasteiger partial charge in [-0.1, -0.05) is 173 Å². The maximum Gasteiger partial charge on any atom is 0.101 e. The van der Waals surface area contributed by atoms with Crippen molar-refractivity contribution in [1.82, 2.24) is 9.80 Å². The predicted octanol–water partition coefficient (Wildman–Crippen LogP) is 11.6. The van der Waals surface area contributed by atoms with Crippen molar-refractivity contribution >= 4 is 0 Å². The molecule has 1 aliphatic rings. The molecule has 2 heteroatoms. The monoisotopic (exact) mass is 525 g/mol. The molecule has 0 aromatic heterocycles. The van der Waals surface area contributed by atoms with Crippen molar-refractivity contribution in [3.05, 3.63) is 48.3 Å². The van der Waals surface area contributed by atoms with E-state index in [1.165, 1.54) is 160 Å². The van der Waals surface area contributed by atoms with Crippen LogP contribution in [0.4, 0.5) is 0 Å². The van der Waals surface area contributed by atoms with Crippen molar-refractivity contribution in [3.8, 4) is 0 Å². The van der Waals surface area contributed by atoms with Gasteiger partial charge in [0.05, 0.1) is 0 Å². The highest BCUT2D eigenvalue weighted by Crippen LogP contribution is 2.25. The van der Waals surface area contributed by atoms with Crippen LogP contribution in [0.2, 0.25) is 0 Å². The van der Waals surface area contributed by atoms with Gasteiger partial charge < -0.3 is 9.80 Å². The maximum absolute atomic E-state index is 2.65. The van der Waals surface area contributed by atoms with Crippen LogP contribution in [0.3, 0.4) is 0 Å². The molecule has 38 heavy (non-hydrogen) atoms. The zero-order valence-corrected chi connectivity index (χ0v) is 25.7. The minimum absolute atomic E-state index is 0.553. The molecule has 0 amide bonds. The normalized spacial score (nSPS) is 15.2. The van der Waals surface area contributed by atoms with Crippen molar-refractivity contribution in [2.45, 2.75) is 174 Å². The first-order valence-corrected chi connectivity index (χ1v) is 17.1. The largest absolute Gasteiger partial charge is 0.356 e. The molecule has 1 aromatic rings. The zero-order valence-electron chi connectivity index (χ0n) is 25.7. The van der Waals surface area contributed by atoms with Crippen molar-refractivity contribution in [2.75, 3.05) is 6.54 Å². The molecule has 0 bridgehead atoms. The van der Waals surface area contributed by atoms with Crippen LogP contribution in [0.5, 0.6) is 0 Å². The van der Waals surface area contributed by atoms with Gasteiger partial charge in [-0.05, 0) is 24.8 Å². The van der Waals surface area contributed by atoms with Crippen LogP contribution >= 0.6 is 0 Å². The lowest BCUT2D eigenvalue weighted by Gasteiger charge is -2.33. The van der Waals surface area contributed by atoms with Crippen LogP contribution in [-0.4, -0.2) is 22.5 Å². The third kappa shape index (κ3) is 15.8. The van der Waals surface area contributed by atoms with E-state index < -0.39 is 0 Å². The molecule has 1 heterocycles. The summed E-state index contributed by atoms with van der Waals surface area (Å²) >= 11 is 0. The van der Waals surface area contributed by atoms with Gasteiger partial charge in [0.2, 0.25) is 0 Å². The summed E-state index contributed by atoms with van der Waals surface area (Å²) in [5.74, 6) is 0. The van der Waals surface area contributed by atoms with E-state index in [4.69, 9.17) is 0 Å². The fourth-order valence-corrected chi connectivity index (χ4v) is 6.02. The molecule has 0 saturated carbocycles. The number of hydrogen-bond donors (Lipinski definition) is 0. The van der Waals surface area contributed by atoms with Crippen molar-refractivity contribution in [2.24, 2.45) is 0 Å². The van der Waals surface area contributed by atoms with E-state index in [0.717, 1.165) is 6.54 Å². The average molecular weight is 525 g/mol. The maximum atomic E-state index is 2.65. The fraction of sp³-hybridized carbons (Fsp3) is 0.778. The van der Waals surface area contributed by atoms with Crippen molar-refractivity contribution in [3.63, 3.8) is 0 Å². The molecule has 0 N–H and O–H groups in total. The van der Waals surface area contributed by atoms with Gasteiger partial charge in [-0.3, -0.25) is 0 Å². The van der Waals surface area contributed by atoms with E-state index in [0.29, 0.717) is 6.17 Å². The van der Waals surface area contributed by atoms with Crippen LogP contribution in [0.1, 0.15) is 167 Å². The molecule has 0 spiro atoms. The summed E-state index contributed by atoms with van der Waals surface area (Å²) < 4.78 is 0. The summed E-state index contributed by atoms with van der Waals surface area (Å²) in [7, 11) is 0. The first-order chi connectivity index (χ1) is 18.8. The zero-order chi connectivity index (χ0) is 26.9. The molecule has 0 saturated heterocycles. The lowest BCUT2D eigenvalue weighted by atomic mass is 10.0. The molecular weight excluding hydrogens is 460 g/mol. The highest BCUT2D eigenvalue weighted by molar-refractivity contribution is 5.16. The topological polar surface area (TPSA) is 6.48 Å². The Morgan fingerprint density at radius 1 is 0.474 bits per heavy atom. The average Bonchev–Trinajstić information content (AvgIpc) is 3.31. The van der Waals surface area contributed by atoms with Gasteiger partial charge in [0.25, 0.3) is 0 Å². The Kier molecular flexibility index (Phi) is 20.2. The highest BCUT2D eigenvalue weighted by Gasteiger charge is 2.25. The molecule has 1 aromatic carbocycles. The van der Waals surface area contributed by atoms with Crippen LogP contribution in [0.15, 0.2) is 42.7 Å². The second-order valence-electron chi connectivity index (χ2n) is 12.0. The molecule has 2 nitrogen and oxygen atoms in total. The Hall–Kier alpha value is -1.44. The Balaban J connectivity index is 1.56. The molecule has 1 aliphatic heterocycles. The SMILES string of the molecule is CCCCCCCCCCCCCCCCCC1N(CCCCCCCCC)C=CN1Cc1ccccc1. The first-order valence-electron chi connectivity index (χ1n) is 17.1. The minimum atomic E-state index is 0.553. The molecule has 1 unspecified atom stereocenters. The Bertz CT molecular complexity index is 655. The van der Waals surface area contributed by atoms with E-state index in [-0.39, 0.29) is 0 Å². The van der Waals surface area contributed by atoms with E-state index in [1.54, 1.807) is 0 Å². The Morgan fingerprint density at radius 3 is 1.39 bits per heavy atom. The smallest absolute Gasteiger partial charge is 0.101 e. The third-order valence-corrected chi connectivity index (χ3v) is 8.51. The highest BCUT2D eigenvalue weighted by atomic mass is 15.4. The van der Waals surface area contributed by atoms with Gasteiger partial charge in [0, 0.05) is 25.5 Å². The van der Waals surface area contributed by atoms with Gasteiger partial charge in [0.1, 0.15) is 6.17 Å². The van der Waals surface area contributed by atoms with Gasteiger partial charge in [-0.25, -0.2) is 0 Å². The van der Waals surface area contributed by atoms with Gasteiger partial charge in [0.15, 0.2) is 0 Å². The summed E-state index contributed by atoms with van der Waals surface area (Å²) in [6, 6.07) is 11.0. The Morgan fingerprint density at radius 2 is 0.895 bits per heavy atom. The van der Waals surface area contributed by atoms with Gasteiger partial charge in [-0.15, -0.1) is 0 Å². The molecule has 0 fully saturated rings. The van der Waals surface area contributed by atoms with Crippen LogP contribution in [0, 0.1) is 0 Å². The first kappa shape index (κ1) is 32.8. The number of hydrogen-bond acceptors (Lipinski definition) is 2. The quantitative estimate of drug-likeness (QED) is 0.111. The summed E-state index contributed by atoms with van der Waals surface area (Å²) in [5, 5.41) is 0. The molecule has 218 valence electrons. The Labute approximate surface area is 238 Å². The summed E-state index contributed by atoms with van der Waals surface area (Å²) in [4.78, 5) is 5.25. The second kappa shape index (κ2) is 23.4. The second-order valence-corrected chi connectivity index (χ2v) is 12.0. The molecule has 2 rings (SSSR count). The number of nitrogens with zero attached hydrogens (tertiary/aromatic N) is 2. The number of rotatable bonds is 26. The van der Waals surface area contributed by atoms with Crippen LogP contribution in [0.25, 0.3) is 0 Å². The van der Waals surface area contributed by atoms with Crippen LogP contribution in [-0.2, 0) is 6.54 Å². The molecular formula is C36H64N2. The molecule has 1 atom stereocenters.